The average Bonchev–Trinajstić information content (AvgIpc) is 2.27. The maximum Gasteiger partial charge on any atom is 0.417 e. The van der Waals surface area contributed by atoms with Crippen molar-refractivity contribution in [1.29, 1.82) is 0 Å². The molecule has 23 heavy (non-hydrogen) atoms. The zero-order valence-electron chi connectivity index (χ0n) is 14.6. The van der Waals surface area contributed by atoms with Gasteiger partial charge in [-0.25, -0.2) is 9.69 Å². The minimum Gasteiger partial charge on any atom is -0.460 e. The summed E-state index contributed by atoms with van der Waals surface area (Å²) in [5.74, 6) is -1.21. The smallest absolute Gasteiger partial charge is 0.417 e. The number of imide groups is 1. The standard InChI is InChI=1S/C17H25NO5/c1-16(2,3)22-14(20)11-9-12-10(11)7-8-13(19)18(12)15(21)23-17(4,5)6/h7-8,10-12H,9H2,1-6H3/t10-,11+,12+/m1/s1. The van der Waals surface area contributed by atoms with Crippen molar-refractivity contribution in [1.82, 2.24) is 4.90 Å². The first-order valence-corrected chi connectivity index (χ1v) is 7.86. The van der Waals surface area contributed by atoms with Crippen LogP contribution in [0.4, 0.5) is 4.79 Å². The lowest BCUT2D eigenvalue weighted by molar-refractivity contribution is -0.170. The average molecular weight is 323 g/mol. The number of amides is 2. The molecule has 2 amide bonds. The van der Waals surface area contributed by atoms with Crippen LogP contribution >= 0.6 is 0 Å². The molecule has 1 aliphatic carbocycles. The lowest BCUT2D eigenvalue weighted by Crippen LogP contribution is -2.60. The second kappa shape index (κ2) is 5.65. The van der Waals surface area contributed by atoms with Crippen LogP contribution in [0.3, 0.4) is 0 Å². The Labute approximate surface area is 136 Å². The molecule has 0 spiro atoms. The van der Waals surface area contributed by atoms with E-state index in [2.05, 4.69) is 0 Å². The molecule has 128 valence electrons. The van der Waals surface area contributed by atoms with Crippen molar-refractivity contribution in [3.8, 4) is 0 Å². The van der Waals surface area contributed by atoms with Crippen molar-refractivity contribution in [2.75, 3.05) is 0 Å². The van der Waals surface area contributed by atoms with Gasteiger partial charge in [-0.3, -0.25) is 9.59 Å². The van der Waals surface area contributed by atoms with Crippen LogP contribution in [0.25, 0.3) is 0 Å². The molecule has 1 aliphatic heterocycles. The van der Waals surface area contributed by atoms with Crippen molar-refractivity contribution in [3.05, 3.63) is 12.2 Å². The van der Waals surface area contributed by atoms with Crippen LogP contribution in [-0.4, -0.2) is 40.1 Å². The summed E-state index contributed by atoms with van der Waals surface area (Å²) in [4.78, 5) is 37.6. The van der Waals surface area contributed by atoms with Crippen LogP contribution < -0.4 is 0 Å². The highest BCUT2D eigenvalue weighted by Crippen LogP contribution is 2.43. The van der Waals surface area contributed by atoms with E-state index in [0.29, 0.717) is 6.42 Å². The summed E-state index contributed by atoms with van der Waals surface area (Å²) < 4.78 is 10.7. The normalized spacial score (nSPS) is 27.1. The second-order valence-electron chi connectivity index (χ2n) is 8.07. The number of nitrogens with zero attached hydrogens (tertiary/aromatic N) is 1. The second-order valence-corrected chi connectivity index (χ2v) is 8.07. The molecule has 3 atom stereocenters. The van der Waals surface area contributed by atoms with Crippen molar-refractivity contribution in [2.24, 2.45) is 11.8 Å². The summed E-state index contributed by atoms with van der Waals surface area (Å²) in [5.41, 5.74) is -1.23. The lowest BCUT2D eigenvalue weighted by atomic mass is 9.67. The van der Waals surface area contributed by atoms with E-state index in [1.165, 1.54) is 6.08 Å². The fourth-order valence-electron chi connectivity index (χ4n) is 2.79. The van der Waals surface area contributed by atoms with E-state index >= 15 is 0 Å². The van der Waals surface area contributed by atoms with Gasteiger partial charge in [0.05, 0.1) is 12.0 Å². The molecular weight excluding hydrogens is 298 g/mol. The number of ether oxygens (including phenoxy) is 2. The molecular formula is C17H25NO5. The number of hydrogen-bond donors (Lipinski definition) is 0. The molecule has 0 radical (unpaired) electrons. The maximum absolute atomic E-state index is 12.3. The molecule has 1 saturated carbocycles. The Morgan fingerprint density at radius 2 is 1.65 bits per heavy atom. The summed E-state index contributed by atoms with van der Waals surface area (Å²) in [5, 5.41) is 0. The Bertz CT molecular complexity index is 552. The van der Waals surface area contributed by atoms with Crippen LogP contribution in [-0.2, 0) is 19.1 Å². The van der Waals surface area contributed by atoms with E-state index in [0.717, 1.165) is 4.90 Å². The highest BCUT2D eigenvalue weighted by Gasteiger charge is 2.53. The quantitative estimate of drug-likeness (QED) is 0.694. The van der Waals surface area contributed by atoms with Crippen molar-refractivity contribution < 1.29 is 23.9 Å². The maximum atomic E-state index is 12.3. The Hall–Kier alpha value is -1.85. The van der Waals surface area contributed by atoms with Gasteiger partial charge in [-0.05, 0) is 48.0 Å². The van der Waals surface area contributed by atoms with Crippen LogP contribution in [0, 0.1) is 11.8 Å². The third-order valence-electron chi connectivity index (χ3n) is 3.73. The molecule has 0 aromatic carbocycles. The molecule has 6 heteroatoms. The Balaban J connectivity index is 2.09. The monoisotopic (exact) mass is 323 g/mol. The van der Waals surface area contributed by atoms with E-state index in [-0.39, 0.29) is 23.8 Å². The Kier molecular flexibility index (Phi) is 4.30. The first kappa shape index (κ1) is 17.5. The molecule has 0 bridgehead atoms. The first-order valence-electron chi connectivity index (χ1n) is 7.86. The largest absolute Gasteiger partial charge is 0.460 e. The number of hydrogen-bond acceptors (Lipinski definition) is 5. The van der Waals surface area contributed by atoms with Gasteiger partial charge in [-0.2, -0.15) is 0 Å². The van der Waals surface area contributed by atoms with Gasteiger partial charge in [0, 0.05) is 12.0 Å². The van der Waals surface area contributed by atoms with Gasteiger partial charge < -0.3 is 9.47 Å². The topological polar surface area (TPSA) is 72.9 Å². The minimum absolute atomic E-state index is 0.199. The molecule has 0 aromatic rings. The van der Waals surface area contributed by atoms with Crippen molar-refractivity contribution in [2.45, 2.75) is 65.2 Å². The first-order chi connectivity index (χ1) is 10.4. The molecule has 2 rings (SSSR count). The molecule has 0 unspecified atom stereocenters. The van der Waals surface area contributed by atoms with Crippen LogP contribution in [0.15, 0.2) is 12.2 Å². The van der Waals surface area contributed by atoms with Gasteiger partial charge in [-0.15, -0.1) is 0 Å². The molecule has 0 aromatic heterocycles. The molecule has 1 fully saturated rings. The van der Waals surface area contributed by atoms with E-state index in [4.69, 9.17) is 9.47 Å². The van der Waals surface area contributed by atoms with Gasteiger partial charge in [-0.1, -0.05) is 6.08 Å². The highest BCUT2D eigenvalue weighted by atomic mass is 16.6. The van der Waals surface area contributed by atoms with Crippen molar-refractivity contribution in [3.63, 3.8) is 0 Å². The summed E-state index contributed by atoms with van der Waals surface area (Å²) in [6.07, 6.45) is 2.78. The van der Waals surface area contributed by atoms with Gasteiger partial charge >= 0.3 is 12.1 Å². The molecule has 0 saturated heterocycles. The zero-order valence-corrected chi connectivity index (χ0v) is 14.6. The number of fused-ring (bicyclic) bond motifs is 1. The Morgan fingerprint density at radius 3 is 2.17 bits per heavy atom. The fourth-order valence-corrected chi connectivity index (χ4v) is 2.79. The predicted molar refractivity (Wildman–Crippen MR) is 83.5 cm³/mol. The molecule has 0 N–H and O–H groups in total. The van der Waals surface area contributed by atoms with Gasteiger partial charge in [0.1, 0.15) is 11.2 Å². The zero-order chi connectivity index (χ0) is 17.6. The van der Waals surface area contributed by atoms with Crippen LogP contribution in [0.1, 0.15) is 48.0 Å². The number of carbonyl (C=O) groups is 3. The number of esters is 1. The van der Waals surface area contributed by atoms with Crippen LogP contribution in [0.5, 0.6) is 0 Å². The van der Waals surface area contributed by atoms with E-state index in [9.17, 15) is 14.4 Å². The highest BCUT2D eigenvalue weighted by molar-refractivity contribution is 6.00. The van der Waals surface area contributed by atoms with E-state index < -0.39 is 23.2 Å². The predicted octanol–water partition coefficient (Wildman–Crippen LogP) is 2.67. The number of carbonyl (C=O) groups excluding carboxylic acids is 3. The summed E-state index contributed by atoms with van der Waals surface area (Å²) in [6, 6.07) is -0.333. The van der Waals surface area contributed by atoms with E-state index in [1.807, 2.05) is 20.8 Å². The lowest BCUT2D eigenvalue weighted by Gasteiger charge is -2.48. The van der Waals surface area contributed by atoms with E-state index in [1.54, 1.807) is 26.8 Å². The molecule has 1 heterocycles. The summed E-state index contributed by atoms with van der Waals surface area (Å²) in [7, 11) is 0. The summed E-state index contributed by atoms with van der Waals surface area (Å²) >= 11 is 0. The fraction of sp³-hybridized carbons (Fsp3) is 0.706. The van der Waals surface area contributed by atoms with Crippen LogP contribution in [0.2, 0.25) is 0 Å². The third kappa shape index (κ3) is 3.92. The van der Waals surface area contributed by atoms with Gasteiger partial charge in [0.25, 0.3) is 5.91 Å². The van der Waals surface area contributed by atoms with Crippen molar-refractivity contribution >= 4 is 18.0 Å². The molecule has 6 nitrogen and oxygen atoms in total. The Morgan fingerprint density at radius 1 is 1.09 bits per heavy atom. The third-order valence-corrected chi connectivity index (χ3v) is 3.73. The summed E-state index contributed by atoms with van der Waals surface area (Å²) in [6.45, 7) is 10.7. The minimum atomic E-state index is -0.678. The number of rotatable bonds is 1. The molecule has 2 aliphatic rings. The van der Waals surface area contributed by atoms with Gasteiger partial charge in [0.2, 0.25) is 0 Å². The SMILES string of the molecule is CC(C)(C)OC(=O)[C@H]1C[C@H]2[C@@H]1C=CC(=O)N2C(=O)OC(C)(C)C. The van der Waals surface area contributed by atoms with Gasteiger partial charge in [0.15, 0.2) is 0 Å².